The number of hydrogen-bond acceptors (Lipinski definition) is 6. The molecule has 0 bridgehead atoms. The van der Waals surface area contributed by atoms with Crippen molar-refractivity contribution in [3.63, 3.8) is 0 Å². The number of hydrogen-bond donors (Lipinski definition) is 1. The van der Waals surface area contributed by atoms with Gasteiger partial charge in [-0.25, -0.2) is 4.98 Å². The molecule has 0 aliphatic rings. The zero-order valence-electron chi connectivity index (χ0n) is 18.1. The molecule has 32 heavy (non-hydrogen) atoms. The van der Waals surface area contributed by atoms with Crippen LogP contribution in [0.4, 0.5) is 0 Å². The number of imidazole rings is 1. The maximum absolute atomic E-state index is 5.72. The summed E-state index contributed by atoms with van der Waals surface area (Å²) in [4.78, 5) is 13.8. The van der Waals surface area contributed by atoms with E-state index in [2.05, 4.69) is 40.1 Å². The highest BCUT2D eigenvalue weighted by Gasteiger charge is 2.09. The SMILES string of the molecule is Cc1c(SCCOCCOCc2ccccc2)ccnc1CSc1nc2ccccc2[nH]1. The van der Waals surface area contributed by atoms with Crippen LogP contribution >= 0.6 is 23.5 Å². The Balaban J connectivity index is 1.16. The average Bonchev–Trinajstić information content (AvgIpc) is 3.24. The van der Waals surface area contributed by atoms with Gasteiger partial charge < -0.3 is 14.5 Å². The van der Waals surface area contributed by atoms with Gasteiger partial charge in [0.05, 0.1) is 43.2 Å². The fraction of sp³-hybridized carbons (Fsp3) is 0.280. The topological polar surface area (TPSA) is 60.0 Å². The summed E-state index contributed by atoms with van der Waals surface area (Å²) in [5, 5.41) is 0.924. The molecule has 0 saturated carbocycles. The van der Waals surface area contributed by atoms with Gasteiger partial charge in [0, 0.05) is 22.6 Å². The van der Waals surface area contributed by atoms with Gasteiger partial charge >= 0.3 is 0 Å². The Morgan fingerprint density at radius 3 is 2.56 bits per heavy atom. The summed E-state index contributed by atoms with van der Waals surface area (Å²) in [5.74, 6) is 1.69. The van der Waals surface area contributed by atoms with Crippen molar-refractivity contribution in [1.82, 2.24) is 15.0 Å². The summed E-state index contributed by atoms with van der Waals surface area (Å²) in [6.45, 7) is 4.69. The minimum absolute atomic E-state index is 0.608. The molecule has 0 amide bonds. The summed E-state index contributed by atoms with van der Waals surface area (Å²) in [6.07, 6.45) is 1.89. The molecule has 2 aromatic heterocycles. The first-order valence-electron chi connectivity index (χ1n) is 10.6. The Kier molecular flexibility index (Phi) is 8.62. The molecule has 2 heterocycles. The second-order valence-electron chi connectivity index (χ2n) is 7.23. The number of rotatable bonds is 12. The molecule has 0 unspecified atom stereocenters. The van der Waals surface area contributed by atoms with Crippen LogP contribution in [0.25, 0.3) is 11.0 Å². The molecule has 5 nitrogen and oxygen atoms in total. The fourth-order valence-electron chi connectivity index (χ4n) is 3.19. The van der Waals surface area contributed by atoms with Crippen molar-refractivity contribution in [2.45, 2.75) is 29.3 Å². The van der Waals surface area contributed by atoms with Crippen molar-refractivity contribution in [3.05, 3.63) is 83.7 Å². The number of fused-ring (bicyclic) bond motifs is 1. The van der Waals surface area contributed by atoms with Crippen LogP contribution in [0, 0.1) is 6.92 Å². The Hall–Kier alpha value is -2.32. The van der Waals surface area contributed by atoms with Crippen molar-refractivity contribution < 1.29 is 9.47 Å². The number of H-pyrrole nitrogens is 1. The van der Waals surface area contributed by atoms with Gasteiger partial charge in [-0.05, 0) is 36.2 Å². The van der Waals surface area contributed by atoms with Crippen LogP contribution in [0.5, 0.6) is 0 Å². The van der Waals surface area contributed by atoms with Gasteiger partial charge in [0.1, 0.15) is 0 Å². The van der Waals surface area contributed by atoms with Gasteiger partial charge in [0.25, 0.3) is 0 Å². The number of thioether (sulfide) groups is 2. The number of aromatic nitrogens is 3. The fourth-order valence-corrected chi connectivity index (χ4v) is 5.01. The predicted octanol–water partition coefficient (Wildman–Crippen LogP) is 5.88. The van der Waals surface area contributed by atoms with E-state index in [1.54, 1.807) is 11.8 Å². The molecule has 0 spiro atoms. The van der Waals surface area contributed by atoms with E-state index in [4.69, 9.17) is 9.47 Å². The molecule has 4 aromatic rings. The second-order valence-corrected chi connectivity index (χ2v) is 9.33. The number of nitrogens with one attached hydrogen (secondary N) is 1. The van der Waals surface area contributed by atoms with Crippen LogP contribution in [0.2, 0.25) is 0 Å². The normalized spacial score (nSPS) is 11.3. The molecule has 0 atom stereocenters. The van der Waals surface area contributed by atoms with Crippen molar-refractivity contribution in [2.75, 3.05) is 25.6 Å². The van der Waals surface area contributed by atoms with Crippen LogP contribution in [0.15, 0.2) is 76.9 Å². The number of nitrogens with zero attached hydrogens (tertiary/aromatic N) is 2. The Labute approximate surface area is 197 Å². The molecule has 0 fully saturated rings. The van der Waals surface area contributed by atoms with Crippen LogP contribution < -0.4 is 0 Å². The zero-order valence-corrected chi connectivity index (χ0v) is 19.8. The molecule has 1 N–H and O–H groups in total. The first-order chi connectivity index (χ1) is 15.8. The van der Waals surface area contributed by atoms with Gasteiger partial charge in [0.2, 0.25) is 0 Å². The highest BCUT2D eigenvalue weighted by molar-refractivity contribution is 7.99. The van der Waals surface area contributed by atoms with E-state index in [1.807, 2.05) is 60.4 Å². The van der Waals surface area contributed by atoms with Gasteiger partial charge in [-0.1, -0.05) is 54.2 Å². The Bertz CT molecular complexity index is 1090. The average molecular weight is 466 g/mol. The summed E-state index contributed by atoms with van der Waals surface area (Å²) >= 11 is 3.49. The standard InChI is InChI=1S/C25H27N3O2S2/c1-19-23(18-32-25-27-21-9-5-6-10-22(21)28-25)26-12-11-24(19)31-16-15-29-13-14-30-17-20-7-3-2-4-8-20/h2-12H,13-18H2,1H3,(H,27,28). The zero-order chi connectivity index (χ0) is 22.0. The molecule has 0 saturated heterocycles. The Morgan fingerprint density at radius 2 is 1.69 bits per heavy atom. The van der Waals surface area contributed by atoms with E-state index in [0.717, 1.165) is 33.4 Å². The van der Waals surface area contributed by atoms with Crippen molar-refractivity contribution in [3.8, 4) is 0 Å². The summed E-state index contributed by atoms with van der Waals surface area (Å²) in [7, 11) is 0. The molecule has 4 rings (SSSR count). The monoisotopic (exact) mass is 465 g/mol. The van der Waals surface area contributed by atoms with Crippen LogP contribution in [-0.4, -0.2) is 40.5 Å². The lowest BCUT2D eigenvalue weighted by molar-refractivity contribution is 0.0462. The quantitative estimate of drug-likeness (QED) is 0.208. The third-order valence-corrected chi connectivity index (χ3v) is 6.95. The maximum atomic E-state index is 5.72. The molecule has 2 aromatic carbocycles. The number of para-hydroxylation sites is 2. The molecular formula is C25H27N3O2S2. The largest absolute Gasteiger partial charge is 0.378 e. The van der Waals surface area contributed by atoms with Crippen molar-refractivity contribution in [1.29, 1.82) is 0 Å². The third-order valence-electron chi connectivity index (χ3n) is 4.94. The lowest BCUT2D eigenvalue weighted by Crippen LogP contribution is -2.06. The summed E-state index contributed by atoms with van der Waals surface area (Å²) in [5.41, 5.74) is 5.57. The molecule has 0 aliphatic carbocycles. The molecular weight excluding hydrogens is 438 g/mol. The lowest BCUT2D eigenvalue weighted by atomic mass is 10.2. The van der Waals surface area contributed by atoms with Crippen molar-refractivity contribution in [2.24, 2.45) is 0 Å². The highest BCUT2D eigenvalue weighted by atomic mass is 32.2. The van der Waals surface area contributed by atoms with E-state index in [1.165, 1.54) is 16.0 Å². The maximum Gasteiger partial charge on any atom is 0.166 e. The van der Waals surface area contributed by atoms with E-state index >= 15 is 0 Å². The second kappa shape index (κ2) is 12.1. The van der Waals surface area contributed by atoms with Crippen LogP contribution in [0.1, 0.15) is 16.8 Å². The first kappa shape index (κ1) is 22.9. The molecule has 166 valence electrons. The van der Waals surface area contributed by atoms with Gasteiger partial charge in [-0.3, -0.25) is 4.98 Å². The van der Waals surface area contributed by atoms with Crippen LogP contribution in [0.3, 0.4) is 0 Å². The minimum atomic E-state index is 0.608. The third kappa shape index (κ3) is 6.59. The molecule has 7 heteroatoms. The number of ether oxygens (including phenoxy) is 2. The van der Waals surface area contributed by atoms with Crippen LogP contribution in [-0.2, 0) is 21.8 Å². The van der Waals surface area contributed by atoms with E-state index in [-0.39, 0.29) is 0 Å². The van der Waals surface area contributed by atoms with E-state index in [0.29, 0.717) is 26.4 Å². The highest BCUT2D eigenvalue weighted by Crippen LogP contribution is 2.28. The molecule has 0 radical (unpaired) electrons. The van der Waals surface area contributed by atoms with Gasteiger partial charge in [-0.15, -0.1) is 11.8 Å². The number of aromatic amines is 1. The summed E-state index contributed by atoms with van der Waals surface area (Å²) in [6, 6.07) is 20.4. The Morgan fingerprint density at radius 1 is 0.875 bits per heavy atom. The summed E-state index contributed by atoms with van der Waals surface area (Å²) < 4.78 is 11.4. The van der Waals surface area contributed by atoms with Gasteiger partial charge in [0.15, 0.2) is 5.16 Å². The van der Waals surface area contributed by atoms with Crippen molar-refractivity contribution >= 4 is 34.6 Å². The number of pyridine rings is 1. The van der Waals surface area contributed by atoms with Gasteiger partial charge in [-0.2, -0.15) is 0 Å². The first-order valence-corrected chi connectivity index (χ1v) is 12.6. The number of benzene rings is 2. The lowest BCUT2D eigenvalue weighted by Gasteiger charge is -2.10. The van der Waals surface area contributed by atoms with E-state index in [9.17, 15) is 0 Å². The predicted molar refractivity (Wildman–Crippen MR) is 132 cm³/mol. The minimum Gasteiger partial charge on any atom is -0.378 e. The van der Waals surface area contributed by atoms with E-state index < -0.39 is 0 Å². The smallest absolute Gasteiger partial charge is 0.166 e. The molecule has 0 aliphatic heterocycles.